The molecular weight excluding hydrogens is 179 g/mol. The smallest absolute Gasteiger partial charge is 0.407 e. The van der Waals surface area contributed by atoms with Crippen LogP contribution in [0.5, 0.6) is 0 Å². The molecule has 0 aromatic heterocycles. The molecule has 2 atom stereocenters. The Balaban J connectivity index is 2.62. The number of carboxylic acid groups (broad SMARTS) is 1. The molecule has 1 aliphatic heterocycles. The number of carbonyl (C=O) groups is 1. The largest absolute Gasteiger partial charge is 0.465 e. The molecule has 0 spiro atoms. The maximum absolute atomic E-state index is 13.0. The molecule has 7 heteroatoms. The van der Waals surface area contributed by atoms with E-state index in [1.54, 1.807) is 0 Å². The quantitative estimate of drug-likeness (QED) is 0.467. The van der Waals surface area contributed by atoms with Gasteiger partial charge in [0, 0.05) is 6.54 Å². The molecule has 1 rings (SSSR count). The van der Waals surface area contributed by atoms with Crippen LogP contribution >= 0.6 is 0 Å². The zero-order valence-electron chi connectivity index (χ0n) is 6.85. The Morgan fingerprint density at radius 3 is 3.00 bits per heavy atom. The number of nitrogens with zero attached hydrogens (tertiary/aromatic N) is 3. The van der Waals surface area contributed by atoms with Gasteiger partial charge in [0.2, 0.25) is 4.91 Å². The first-order valence-electron chi connectivity index (χ1n) is 3.83. The second kappa shape index (κ2) is 3.95. The van der Waals surface area contributed by atoms with Crippen LogP contribution in [0.25, 0.3) is 0 Å². The van der Waals surface area contributed by atoms with Gasteiger partial charge in [-0.25, -0.2) is 9.18 Å². The molecule has 0 aromatic rings. The normalized spacial score (nSPS) is 27.9. The zero-order chi connectivity index (χ0) is 9.84. The molecule has 2 unspecified atom stereocenters. The Morgan fingerprint density at radius 1 is 1.77 bits per heavy atom. The topological polar surface area (TPSA) is 90.9 Å². The van der Waals surface area contributed by atoms with E-state index in [9.17, 15) is 9.18 Å². The monoisotopic (exact) mass is 189 g/mol. The average molecular weight is 189 g/mol. The maximum atomic E-state index is 13.0. The molecule has 6 nitrogen and oxygen atoms in total. The highest BCUT2D eigenvalue weighted by molar-refractivity contribution is 5.65. The van der Waals surface area contributed by atoms with Crippen LogP contribution in [0.3, 0.4) is 0 Å². The van der Waals surface area contributed by atoms with Gasteiger partial charge in [0.05, 0.1) is 6.54 Å². The summed E-state index contributed by atoms with van der Waals surface area (Å²) < 4.78 is 13.0. The van der Waals surface area contributed by atoms with Gasteiger partial charge in [-0.2, -0.15) is 0 Å². The van der Waals surface area contributed by atoms with Gasteiger partial charge in [-0.05, 0) is 6.42 Å². The van der Waals surface area contributed by atoms with E-state index < -0.39 is 18.3 Å². The van der Waals surface area contributed by atoms with Crippen LogP contribution in [0.2, 0.25) is 0 Å². The first-order valence-corrected chi connectivity index (χ1v) is 3.83. The number of amides is 1. The van der Waals surface area contributed by atoms with Crippen molar-refractivity contribution in [2.75, 3.05) is 13.1 Å². The number of hydrogen-bond acceptors (Lipinski definition) is 3. The second-order valence-electron chi connectivity index (χ2n) is 2.82. The highest BCUT2D eigenvalue weighted by Gasteiger charge is 2.34. The van der Waals surface area contributed by atoms with E-state index in [1.165, 1.54) is 0 Å². The summed E-state index contributed by atoms with van der Waals surface area (Å²) in [5.74, 6) is 0. The summed E-state index contributed by atoms with van der Waals surface area (Å²) in [5, 5.41) is 11.9. The molecule has 0 saturated carbocycles. The fraction of sp³-hybridized carbons (Fsp3) is 0.833. The number of nitrogens with one attached hydrogen (secondary N) is 1. The van der Waals surface area contributed by atoms with Crippen molar-refractivity contribution in [3.05, 3.63) is 0 Å². The van der Waals surface area contributed by atoms with Gasteiger partial charge >= 0.3 is 6.09 Å². The van der Waals surface area contributed by atoms with Gasteiger partial charge in [-0.15, -0.1) is 0 Å². The predicted molar refractivity (Wildman–Crippen MR) is 40.2 cm³/mol. The minimum absolute atomic E-state index is 0.0150. The number of likely N-dealkylation sites (tertiary alicyclic amines) is 1. The first kappa shape index (κ1) is 9.60. The number of hydrogen-bond donors (Lipinski definition) is 2. The van der Waals surface area contributed by atoms with Gasteiger partial charge < -0.3 is 10.0 Å². The van der Waals surface area contributed by atoms with Crippen LogP contribution in [0.1, 0.15) is 6.42 Å². The van der Waals surface area contributed by atoms with E-state index in [4.69, 9.17) is 10.6 Å². The second-order valence-corrected chi connectivity index (χ2v) is 2.82. The van der Waals surface area contributed by atoms with E-state index in [0.717, 1.165) is 4.90 Å². The van der Waals surface area contributed by atoms with E-state index in [0.29, 0.717) is 0 Å². The lowest BCUT2D eigenvalue weighted by atomic mass is 10.1. The highest BCUT2D eigenvalue weighted by Crippen LogP contribution is 2.16. The molecule has 1 saturated heterocycles. The van der Waals surface area contributed by atoms with Crippen LogP contribution in [0.15, 0.2) is 5.11 Å². The van der Waals surface area contributed by atoms with E-state index >= 15 is 0 Å². The molecule has 2 N–H and O–H groups in total. The molecule has 0 bridgehead atoms. The summed E-state index contributed by atoms with van der Waals surface area (Å²) in [4.78, 5) is 14.3. The summed E-state index contributed by atoms with van der Waals surface area (Å²) in [6.45, 7) is 0.166. The summed E-state index contributed by atoms with van der Waals surface area (Å²) in [5.41, 5.74) is 6.43. The Morgan fingerprint density at radius 2 is 2.46 bits per heavy atom. The van der Waals surface area contributed by atoms with Crippen molar-refractivity contribution in [3.8, 4) is 0 Å². The third kappa shape index (κ3) is 2.22. The Kier molecular flexibility index (Phi) is 2.92. The number of alkyl halides is 1. The zero-order valence-corrected chi connectivity index (χ0v) is 6.85. The molecule has 1 fully saturated rings. The van der Waals surface area contributed by atoms with Crippen molar-refractivity contribution in [1.82, 2.24) is 9.81 Å². The molecule has 0 radical (unpaired) electrons. The lowest BCUT2D eigenvalue weighted by Gasteiger charge is -2.27. The predicted octanol–water partition coefficient (Wildman–Crippen LogP) is 0.627. The van der Waals surface area contributed by atoms with Crippen molar-refractivity contribution >= 4 is 6.09 Å². The summed E-state index contributed by atoms with van der Waals surface area (Å²) in [7, 11) is 0. The highest BCUT2D eigenvalue weighted by atomic mass is 19.1. The molecule has 1 aliphatic rings. The Bertz CT molecular complexity index is 253. The Hall–Kier alpha value is -1.49. The summed E-state index contributed by atoms with van der Waals surface area (Å²) in [6.07, 6.45) is -2.16. The number of halogens is 1. The van der Waals surface area contributed by atoms with E-state index in [1.807, 2.05) is 0 Å². The lowest BCUT2D eigenvalue weighted by molar-refractivity contribution is 0.102. The van der Waals surface area contributed by atoms with Crippen LogP contribution < -0.4 is 4.91 Å². The number of rotatable bonds is 1. The lowest BCUT2D eigenvalue weighted by Crippen LogP contribution is -2.46. The maximum Gasteiger partial charge on any atom is 0.407 e. The summed E-state index contributed by atoms with van der Waals surface area (Å²) >= 11 is 0. The minimum atomic E-state index is -1.19. The number of piperidine rings is 1. The fourth-order valence-corrected chi connectivity index (χ4v) is 1.26. The van der Waals surface area contributed by atoms with Crippen LogP contribution in [0, 0.1) is 5.53 Å². The molecular formula is C6H10FN4O2+. The van der Waals surface area contributed by atoms with E-state index in [-0.39, 0.29) is 19.5 Å². The van der Waals surface area contributed by atoms with Crippen LogP contribution in [0.4, 0.5) is 9.18 Å². The molecule has 13 heavy (non-hydrogen) atoms. The van der Waals surface area contributed by atoms with Crippen molar-refractivity contribution in [2.45, 2.75) is 18.6 Å². The SMILES string of the molecule is N=[N+]=NC1CN(C(=O)O)CCC1F. The third-order valence-corrected chi connectivity index (χ3v) is 1.98. The first-order chi connectivity index (χ1) is 6.15. The van der Waals surface area contributed by atoms with Gasteiger partial charge in [0.15, 0.2) is 6.04 Å². The summed E-state index contributed by atoms with van der Waals surface area (Å²) in [6, 6.07) is -0.817. The van der Waals surface area contributed by atoms with Gasteiger partial charge in [-0.1, -0.05) is 0 Å². The van der Waals surface area contributed by atoms with Crippen molar-refractivity contribution in [2.24, 2.45) is 5.11 Å². The third-order valence-electron chi connectivity index (χ3n) is 1.98. The van der Waals surface area contributed by atoms with Gasteiger partial charge in [0.25, 0.3) is 0 Å². The molecule has 1 amide bonds. The van der Waals surface area contributed by atoms with Crippen molar-refractivity contribution in [1.29, 1.82) is 5.53 Å². The van der Waals surface area contributed by atoms with Gasteiger partial charge in [-0.3, -0.25) is 0 Å². The molecule has 1 heterocycles. The van der Waals surface area contributed by atoms with Crippen molar-refractivity contribution < 1.29 is 14.3 Å². The average Bonchev–Trinajstić information content (AvgIpc) is 2.08. The van der Waals surface area contributed by atoms with Crippen LogP contribution in [-0.4, -0.2) is 41.4 Å². The standard InChI is InChI=1S/C6H9FN4O2/c7-4-1-2-11(6(12)13)3-5(4)9-10-8/h4-5,8H,1-3H2/p+1. The van der Waals surface area contributed by atoms with Gasteiger partial charge in [0.1, 0.15) is 16.8 Å². The van der Waals surface area contributed by atoms with E-state index in [2.05, 4.69) is 10.0 Å². The Labute approximate surface area is 73.6 Å². The molecule has 0 aliphatic carbocycles. The molecule has 72 valence electrons. The fourth-order valence-electron chi connectivity index (χ4n) is 1.26. The molecule has 0 aromatic carbocycles. The van der Waals surface area contributed by atoms with Crippen LogP contribution in [-0.2, 0) is 0 Å². The minimum Gasteiger partial charge on any atom is -0.465 e. The van der Waals surface area contributed by atoms with Crippen molar-refractivity contribution in [3.63, 3.8) is 0 Å².